The number of carbonyl (C=O) groups is 1. The summed E-state index contributed by atoms with van der Waals surface area (Å²) >= 11 is 0. The molecule has 5 heteroatoms. The molecule has 0 aliphatic carbocycles. The zero-order valence-corrected chi connectivity index (χ0v) is 14.0. The number of benzene rings is 1. The molecule has 2 rings (SSSR count). The van der Waals surface area contributed by atoms with Gasteiger partial charge in [-0.3, -0.25) is 10.3 Å². The van der Waals surface area contributed by atoms with E-state index in [1.54, 1.807) is 6.21 Å². The highest BCUT2D eigenvalue weighted by Gasteiger charge is 2.19. The number of anilines is 1. The van der Waals surface area contributed by atoms with Crippen LogP contribution in [0.5, 0.6) is 0 Å². The second-order valence-electron chi connectivity index (χ2n) is 6.76. The third kappa shape index (κ3) is 6.14. The van der Waals surface area contributed by atoms with Gasteiger partial charge in [-0.05, 0) is 57.4 Å². The van der Waals surface area contributed by atoms with Crippen molar-refractivity contribution in [2.75, 3.05) is 5.73 Å². The normalized spacial score (nSPS) is 17.5. The van der Waals surface area contributed by atoms with E-state index in [9.17, 15) is 4.79 Å². The Balaban J connectivity index is 1.83. The van der Waals surface area contributed by atoms with Crippen molar-refractivity contribution in [1.82, 2.24) is 5.32 Å². The Morgan fingerprint density at radius 1 is 1.43 bits per heavy atom. The van der Waals surface area contributed by atoms with Gasteiger partial charge in [0.15, 0.2) is 0 Å². The molecule has 1 aliphatic rings. The van der Waals surface area contributed by atoms with Crippen molar-refractivity contribution >= 4 is 18.0 Å². The zero-order chi connectivity index (χ0) is 16.9. The third-order valence-corrected chi connectivity index (χ3v) is 3.41. The highest BCUT2D eigenvalue weighted by atomic mass is 16.6. The molecule has 1 amide bonds. The molecule has 0 bridgehead atoms. The van der Waals surface area contributed by atoms with Gasteiger partial charge in [0.1, 0.15) is 5.60 Å². The average molecular weight is 315 g/mol. The molecule has 3 N–H and O–H groups in total. The number of amides is 1. The van der Waals surface area contributed by atoms with Gasteiger partial charge in [0.25, 0.3) is 0 Å². The lowest BCUT2D eigenvalue weighted by molar-refractivity contribution is 0.0543. The lowest BCUT2D eigenvalue weighted by Crippen LogP contribution is -2.33. The van der Waals surface area contributed by atoms with Crippen molar-refractivity contribution in [1.29, 1.82) is 0 Å². The number of hydrogen-bond donors (Lipinski definition) is 2. The number of allylic oxidation sites excluding steroid dienone is 1. The largest absolute Gasteiger partial charge is 0.444 e. The van der Waals surface area contributed by atoms with Gasteiger partial charge in [-0.15, -0.1) is 0 Å². The number of ether oxygens (including phenoxy) is 1. The number of nitrogens with one attached hydrogen (secondary N) is 1. The molecule has 0 aromatic heterocycles. The maximum atomic E-state index is 11.8. The van der Waals surface area contributed by atoms with E-state index in [1.165, 1.54) is 5.56 Å². The first-order chi connectivity index (χ1) is 10.8. The van der Waals surface area contributed by atoms with Crippen molar-refractivity contribution < 1.29 is 9.53 Å². The maximum absolute atomic E-state index is 11.8. The molecule has 23 heavy (non-hydrogen) atoms. The van der Waals surface area contributed by atoms with Crippen LogP contribution in [0, 0.1) is 0 Å². The number of alkyl carbamates (subject to hydrolysis) is 1. The minimum atomic E-state index is -0.500. The molecule has 1 aliphatic heterocycles. The number of nitrogen functional groups attached to an aromatic ring is 1. The summed E-state index contributed by atoms with van der Waals surface area (Å²) < 4.78 is 5.27. The first-order valence-corrected chi connectivity index (χ1v) is 7.88. The number of nitrogens with zero attached hydrogens (tertiary/aromatic N) is 1. The number of dihydropyridines is 1. The molecular formula is C18H25N3O2. The number of aryl methyl sites for hydroxylation is 1. The molecule has 5 nitrogen and oxygen atoms in total. The third-order valence-electron chi connectivity index (χ3n) is 3.41. The molecule has 124 valence electrons. The van der Waals surface area contributed by atoms with Gasteiger partial charge >= 0.3 is 6.09 Å². The van der Waals surface area contributed by atoms with Gasteiger partial charge < -0.3 is 10.5 Å². The molecule has 0 spiro atoms. The Morgan fingerprint density at radius 2 is 2.22 bits per heavy atom. The SMILES string of the molecule is CC(C)(C)OC(=O)NC1=CC=NC(CCc2cccc(N)c2)C1. The van der Waals surface area contributed by atoms with Crippen LogP contribution in [-0.2, 0) is 11.2 Å². The van der Waals surface area contributed by atoms with Crippen molar-refractivity contribution in [3.63, 3.8) is 0 Å². The lowest BCUT2D eigenvalue weighted by atomic mass is 10.0. The molecule has 0 saturated heterocycles. The fourth-order valence-electron chi connectivity index (χ4n) is 2.42. The topological polar surface area (TPSA) is 76.7 Å². The van der Waals surface area contributed by atoms with E-state index in [-0.39, 0.29) is 6.04 Å². The first kappa shape index (κ1) is 17.1. The van der Waals surface area contributed by atoms with Crippen LogP contribution in [0.1, 0.15) is 39.2 Å². The van der Waals surface area contributed by atoms with Gasteiger partial charge in [0.05, 0.1) is 6.04 Å². The second-order valence-corrected chi connectivity index (χ2v) is 6.76. The van der Waals surface area contributed by atoms with Gasteiger partial charge in [-0.25, -0.2) is 4.79 Å². The van der Waals surface area contributed by atoms with Gasteiger partial charge in [-0.1, -0.05) is 12.1 Å². The number of carbonyl (C=O) groups excluding carboxylic acids is 1. The van der Waals surface area contributed by atoms with E-state index in [2.05, 4.69) is 16.4 Å². The van der Waals surface area contributed by atoms with Crippen molar-refractivity contribution in [2.45, 2.75) is 51.7 Å². The minimum Gasteiger partial charge on any atom is -0.444 e. The van der Waals surface area contributed by atoms with Crippen LogP contribution in [0.15, 0.2) is 41.0 Å². The number of aliphatic imine (C=N–C) groups is 1. The van der Waals surface area contributed by atoms with Gasteiger partial charge in [0.2, 0.25) is 0 Å². The summed E-state index contributed by atoms with van der Waals surface area (Å²) in [6, 6.07) is 8.06. The van der Waals surface area contributed by atoms with Crippen molar-refractivity contribution in [3.05, 3.63) is 41.6 Å². The highest BCUT2D eigenvalue weighted by Crippen LogP contribution is 2.18. The Labute approximate surface area is 137 Å². The highest BCUT2D eigenvalue weighted by molar-refractivity contribution is 5.77. The van der Waals surface area contributed by atoms with E-state index < -0.39 is 11.7 Å². The summed E-state index contributed by atoms with van der Waals surface area (Å²) in [6.07, 6.45) is 5.67. The molecule has 1 aromatic rings. The average Bonchev–Trinajstić information content (AvgIpc) is 2.43. The van der Waals surface area contributed by atoms with Crippen molar-refractivity contribution in [3.8, 4) is 0 Å². The Bertz CT molecular complexity index is 615. The molecular weight excluding hydrogens is 290 g/mol. The number of rotatable bonds is 4. The van der Waals surface area contributed by atoms with E-state index in [4.69, 9.17) is 10.5 Å². The van der Waals surface area contributed by atoms with Crippen LogP contribution in [-0.4, -0.2) is 24.0 Å². The molecule has 1 aromatic carbocycles. The smallest absolute Gasteiger partial charge is 0.411 e. The molecule has 1 heterocycles. The maximum Gasteiger partial charge on any atom is 0.411 e. The molecule has 1 unspecified atom stereocenters. The van der Waals surface area contributed by atoms with Crippen LogP contribution in [0.25, 0.3) is 0 Å². The van der Waals surface area contributed by atoms with Gasteiger partial charge in [-0.2, -0.15) is 0 Å². The van der Waals surface area contributed by atoms with Crippen LogP contribution >= 0.6 is 0 Å². The predicted octanol–water partition coefficient (Wildman–Crippen LogP) is 3.45. The molecule has 1 atom stereocenters. The Morgan fingerprint density at radius 3 is 2.91 bits per heavy atom. The number of nitrogens with two attached hydrogens (primary N) is 1. The fraction of sp³-hybridized carbons (Fsp3) is 0.444. The van der Waals surface area contributed by atoms with E-state index in [1.807, 2.05) is 45.0 Å². The fourth-order valence-corrected chi connectivity index (χ4v) is 2.42. The van der Waals surface area contributed by atoms with Crippen LogP contribution in [0.3, 0.4) is 0 Å². The van der Waals surface area contributed by atoms with E-state index in [0.29, 0.717) is 6.42 Å². The number of hydrogen-bond acceptors (Lipinski definition) is 4. The summed E-state index contributed by atoms with van der Waals surface area (Å²) in [5, 5.41) is 2.80. The first-order valence-electron chi connectivity index (χ1n) is 7.88. The molecule has 0 radical (unpaired) electrons. The summed E-state index contributed by atoms with van der Waals surface area (Å²) in [4.78, 5) is 16.3. The van der Waals surface area contributed by atoms with Crippen LogP contribution in [0.2, 0.25) is 0 Å². The predicted molar refractivity (Wildman–Crippen MR) is 93.5 cm³/mol. The quantitative estimate of drug-likeness (QED) is 0.835. The van der Waals surface area contributed by atoms with Gasteiger partial charge in [0, 0.05) is 24.0 Å². The summed E-state index contributed by atoms with van der Waals surface area (Å²) in [6.45, 7) is 5.53. The molecule has 0 saturated carbocycles. The second kappa shape index (κ2) is 7.31. The van der Waals surface area contributed by atoms with E-state index in [0.717, 1.165) is 24.2 Å². The van der Waals surface area contributed by atoms with E-state index >= 15 is 0 Å². The van der Waals surface area contributed by atoms with Crippen LogP contribution < -0.4 is 11.1 Å². The lowest BCUT2D eigenvalue weighted by Gasteiger charge is -2.22. The monoisotopic (exact) mass is 315 g/mol. The zero-order valence-electron chi connectivity index (χ0n) is 14.0. The Hall–Kier alpha value is -2.30. The van der Waals surface area contributed by atoms with Crippen LogP contribution in [0.4, 0.5) is 10.5 Å². The van der Waals surface area contributed by atoms with Crippen molar-refractivity contribution in [2.24, 2.45) is 4.99 Å². The summed E-state index contributed by atoms with van der Waals surface area (Å²) in [5.74, 6) is 0. The summed E-state index contributed by atoms with van der Waals surface area (Å²) in [5.41, 5.74) is 8.12. The Kier molecular flexibility index (Phi) is 5.42. The summed E-state index contributed by atoms with van der Waals surface area (Å²) in [7, 11) is 0. The standard InChI is InChI=1S/C18H25N3O2/c1-18(2,3)23-17(22)21-16-9-10-20-15(12-16)8-7-13-5-4-6-14(19)11-13/h4-6,9-11,15H,7-8,12,19H2,1-3H3,(H,21,22). The minimum absolute atomic E-state index is 0.159. The molecule has 0 fully saturated rings.